The van der Waals surface area contributed by atoms with E-state index in [1.165, 1.54) is 12.8 Å². The standard InChI is InChI=1S/C15H16ClN3/c1-9-2-5-11(16)7-13(9)14-8-12(6-10-3-4-10)18-15(17)19-14/h2,5,7-8,10H,3-4,6H2,1H3,(H2,17,18,19). The Morgan fingerprint density at radius 3 is 2.79 bits per heavy atom. The van der Waals surface area contributed by atoms with Gasteiger partial charge in [0.05, 0.1) is 5.69 Å². The molecule has 0 bridgehead atoms. The van der Waals surface area contributed by atoms with Gasteiger partial charge in [0.1, 0.15) is 0 Å². The van der Waals surface area contributed by atoms with Gasteiger partial charge in [-0.3, -0.25) is 0 Å². The Balaban J connectivity index is 2.02. The van der Waals surface area contributed by atoms with Crippen molar-refractivity contribution < 1.29 is 0 Å². The van der Waals surface area contributed by atoms with Crippen LogP contribution in [0.15, 0.2) is 24.3 Å². The van der Waals surface area contributed by atoms with Crippen LogP contribution in [0, 0.1) is 12.8 Å². The first-order valence-corrected chi connectivity index (χ1v) is 6.89. The number of anilines is 1. The van der Waals surface area contributed by atoms with Gasteiger partial charge in [0.15, 0.2) is 0 Å². The zero-order valence-corrected chi connectivity index (χ0v) is 11.6. The quantitative estimate of drug-likeness (QED) is 0.929. The van der Waals surface area contributed by atoms with Gasteiger partial charge in [0, 0.05) is 16.3 Å². The molecule has 2 N–H and O–H groups in total. The smallest absolute Gasteiger partial charge is 0.220 e. The van der Waals surface area contributed by atoms with E-state index in [4.69, 9.17) is 17.3 Å². The number of aromatic nitrogens is 2. The van der Waals surface area contributed by atoms with Crippen molar-refractivity contribution >= 4 is 17.5 Å². The predicted octanol–water partition coefficient (Wildman–Crippen LogP) is 3.64. The van der Waals surface area contributed by atoms with Crippen LogP contribution in [0.4, 0.5) is 5.95 Å². The summed E-state index contributed by atoms with van der Waals surface area (Å²) in [6.07, 6.45) is 3.60. The van der Waals surface area contributed by atoms with E-state index in [1.54, 1.807) is 0 Å². The van der Waals surface area contributed by atoms with E-state index in [0.717, 1.165) is 34.9 Å². The van der Waals surface area contributed by atoms with E-state index >= 15 is 0 Å². The van der Waals surface area contributed by atoms with Gasteiger partial charge >= 0.3 is 0 Å². The molecular formula is C15H16ClN3. The van der Waals surface area contributed by atoms with Crippen LogP contribution in [0.25, 0.3) is 11.3 Å². The molecule has 3 nitrogen and oxygen atoms in total. The Morgan fingerprint density at radius 1 is 1.26 bits per heavy atom. The van der Waals surface area contributed by atoms with Gasteiger partial charge in [-0.25, -0.2) is 9.97 Å². The van der Waals surface area contributed by atoms with Gasteiger partial charge in [-0.2, -0.15) is 0 Å². The molecule has 0 atom stereocenters. The molecular weight excluding hydrogens is 258 g/mol. The molecule has 1 saturated carbocycles. The largest absolute Gasteiger partial charge is 0.368 e. The average Bonchev–Trinajstić information content (AvgIpc) is 3.15. The normalized spacial score (nSPS) is 14.6. The first-order chi connectivity index (χ1) is 9.11. The highest BCUT2D eigenvalue weighted by Crippen LogP contribution is 2.33. The molecule has 1 aromatic heterocycles. The number of nitrogen functional groups attached to an aromatic ring is 1. The number of benzene rings is 1. The maximum Gasteiger partial charge on any atom is 0.220 e. The first kappa shape index (κ1) is 12.4. The lowest BCUT2D eigenvalue weighted by Gasteiger charge is -2.08. The molecule has 0 radical (unpaired) electrons. The molecule has 0 spiro atoms. The van der Waals surface area contributed by atoms with Gasteiger partial charge in [-0.15, -0.1) is 0 Å². The van der Waals surface area contributed by atoms with Crippen LogP contribution in [-0.4, -0.2) is 9.97 Å². The van der Waals surface area contributed by atoms with Crippen molar-refractivity contribution in [1.82, 2.24) is 9.97 Å². The lowest BCUT2D eigenvalue weighted by molar-refractivity contribution is 0.802. The van der Waals surface area contributed by atoms with Crippen LogP contribution >= 0.6 is 11.6 Å². The molecule has 4 heteroatoms. The summed E-state index contributed by atoms with van der Waals surface area (Å²) in [5.41, 5.74) is 9.89. The van der Waals surface area contributed by atoms with Gasteiger partial charge in [-0.05, 0) is 55.9 Å². The molecule has 0 aliphatic heterocycles. The molecule has 19 heavy (non-hydrogen) atoms. The zero-order valence-electron chi connectivity index (χ0n) is 10.9. The summed E-state index contributed by atoms with van der Waals surface area (Å²) in [4.78, 5) is 8.67. The number of hydrogen-bond acceptors (Lipinski definition) is 3. The molecule has 0 amide bonds. The molecule has 2 aromatic rings. The van der Waals surface area contributed by atoms with Crippen molar-refractivity contribution in [3.8, 4) is 11.3 Å². The van der Waals surface area contributed by atoms with Crippen molar-refractivity contribution in [2.45, 2.75) is 26.2 Å². The molecule has 1 aromatic carbocycles. The molecule has 0 unspecified atom stereocenters. The summed E-state index contributed by atoms with van der Waals surface area (Å²) in [7, 11) is 0. The Bertz CT molecular complexity index is 621. The highest BCUT2D eigenvalue weighted by atomic mass is 35.5. The Labute approximate surface area is 117 Å². The van der Waals surface area contributed by atoms with E-state index in [-0.39, 0.29) is 0 Å². The van der Waals surface area contributed by atoms with Crippen LogP contribution in [0.5, 0.6) is 0 Å². The summed E-state index contributed by atoms with van der Waals surface area (Å²) < 4.78 is 0. The fourth-order valence-corrected chi connectivity index (χ4v) is 2.42. The van der Waals surface area contributed by atoms with Gasteiger partial charge < -0.3 is 5.73 Å². The Kier molecular flexibility index (Phi) is 3.15. The summed E-state index contributed by atoms with van der Waals surface area (Å²) in [6, 6.07) is 7.85. The minimum absolute atomic E-state index is 0.340. The summed E-state index contributed by atoms with van der Waals surface area (Å²) in [5.74, 6) is 1.12. The van der Waals surface area contributed by atoms with Crippen LogP contribution in [0.1, 0.15) is 24.1 Å². The second-order valence-electron chi connectivity index (χ2n) is 5.21. The number of nitrogens with zero attached hydrogens (tertiary/aromatic N) is 2. The third-order valence-corrected chi connectivity index (χ3v) is 3.70. The molecule has 3 rings (SSSR count). The van der Waals surface area contributed by atoms with Crippen molar-refractivity contribution in [3.63, 3.8) is 0 Å². The third kappa shape index (κ3) is 2.87. The first-order valence-electron chi connectivity index (χ1n) is 6.52. The van der Waals surface area contributed by atoms with Crippen molar-refractivity contribution in [2.75, 3.05) is 5.73 Å². The fraction of sp³-hybridized carbons (Fsp3) is 0.333. The molecule has 98 valence electrons. The average molecular weight is 274 g/mol. The van der Waals surface area contributed by atoms with Crippen LogP contribution in [0.3, 0.4) is 0 Å². The van der Waals surface area contributed by atoms with E-state index in [2.05, 4.69) is 9.97 Å². The van der Waals surface area contributed by atoms with Gasteiger partial charge in [-0.1, -0.05) is 17.7 Å². The highest BCUT2D eigenvalue weighted by molar-refractivity contribution is 6.30. The molecule has 0 saturated heterocycles. The topological polar surface area (TPSA) is 51.8 Å². The summed E-state index contributed by atoms with van der Waals surface area (Å²) >= 11 is 6.07. The third-order valence-electron chi connectivity index (χ3n) is 3.47. The van der Waals surface area contributed by atoms with Crippen LogP contribution < -0.4 is 5.73 Å². The maximum atomic E-state index is 6.07. The number of halogens is 1. The number of hydrogen-bond donors (Lipinski definition) is 1. The molecule has 1 fully saturated rings. The number of nitrogens with two attached hydrogens (primary N) is 1. The van der Waals surface area contributed by atoms with Crippen molar-refractivity contribution in [1.29, 1.82) is 0 Å². The van der Waals surface area contributed by atoms with Crippen LogP contribution in [-0.2, 0) is 6.42 Å². The van der Waals surface area contributed by atoms with Crippen LogP contribution in [0.2, 0.25) is 5.02 Å². The van der Waals surface area contributed by atoms with Crippen molar-refractivity contribution in [3.05, 3.63) is 40.5 Å². The second kappa shape index (κ2) is 4.82. The molecule has 1 aliphatic rings. The second-order valence-corrected chi connectivity index (χ2v) is 5.65. The summed E-state index contributed by atoms with van der Waals surface area (Å²) in [6.45, 7) is 2.05. The van der Waals surface area contributed by atoms with E-state index in [0.29, 0.717) is 11.0 Å². The van der Waals surface area contributed by atoms with Crippen molar-refractivity contribution in [2.24, 2.45) is 5.92 Å². The molecule has 1 aliphatic carbocycles. The maximum absolute atomic E-state index is 6.07. The lowest BCUT2D eigenvalue weighted by Crippen LogP contribution is -2.02. The lowest BCUT2D eigenvalue weighted by atomic mass is 10.0. The monoisotopic (exact) mass is 273 g/mol. The van der Waals surface area contributed by atoms with E-state index < -0.39 is 0 Å². The SMILES string of the molecule is Cc1ccc(Cl)cc1-c1cc(CC2CC2)nc(N)n1. The Hall–Kier alpha value is -1.61. The van der Waals surface area contributed by atoms with Gasteiger partial charge in [0.2, 0.25) is 5.95 Å². The highest BCUT2D eigenvalue weighted by Gasteiger charge is 2.22. The Morgan fingerprint density at radius 2 is 2.05 bits per heavy atom. The fourth-order valence-electron chi connectivity index (χ4n) is 2.25. The minimum atomic E-state index is 0.340. The number of aryl methyl sites for hydroxylation is 1. The van der Waals surface area contributed by atoms with Gasteiger partial charge in [0.25, 0.3) is 0 Å². The zero-order chi connectivity index (χ0) is 13.4. The minimum Gasteiger partial charge on any atom is -0.368 e. The molecule has 1 heterocycles. The van der Waals surface area contributed by atoms with E-state index in [9.17, 15) is 0 Å². The van der Waals surface area contributed by atoms with E-state index in [1.807, 2.05) is 31.2 Å². The predicted molar refractivity (Wildman–Crippen MR) is 78.1 cm³/mol. The summed E-state index contributed by atoms with van der Waals surface area (Å²) in [5, 5.41) is 0.710. The number of rotatable bonds is 3.